The highest BCUT2D eigenvalue weighted by Gasteiger charge is 2.36. The predicted molar refractivity (Wildman–Crippen MR) is 120 cm³/mol. The van der Waals surface area contributed by atoms with E-state index >= 15 is 0 Å². The van der Waals surface area contributed by atoms with E-state index in [4.69, 9.17) is 11.6 Å². The number of halogens is 4. The number of rotatable bonds is 7. The number of nitrogens with one attached hydrogen (secondary N) is 1. The number of hydrogen-bond acceptors (Lipinski definition) is 3. The molecule has 2 aliphatic carbocycles. The third-order valence-electron chi connectivity index (χ3n) is 6.16. The highest BCUT2D eigenvalue weighted by Crippen LogP contribution is 2.42. The van der Waals surface area contributed by atoms with Gasteiger partial charge in [-0.1, -0.05) is 23.7 Å². The first-order valence-electron chi connectivity index (χ1n) is 11.1. The molecule has 2 fully saturated rings. The van der Waals surface area contributed by atoms with Crippen LogP contribution in [0.4, 0.5) is 13.2 Å². The number of aromatic nitrogens is 3. The number of hydrogen-bond donors (Lipinski definition) is 1. The summed E-state index contributed by atoms with van der Waals surface area (Å²) in [5.41, 5.74) is -0.0164. The molecule has 1 N–H and O–H groups in total. The second-order valence-electron chi connectivity index (χ2n) is 8.88. The van der Waals surface area contributed by atoms with Gasteiger partial charge in [0.05, 0.1) is 11.6 Å². The number of nitrogens with zero attached hydrogens (tertiary/aromatic N) is 3. The van der Waals surface area contributed by atoms with Crippen LogP contribution >= 0.6 is 11.6 Å². The Labute approximate surface area is 198 Å². The van der Waals surface area contributed by atoms with Crippen molar-refractivity contribution in [3.63, 3.8) is 0 Å². The first-order valence-corrected chi connectivity index (χ1v) is 11.5. The SMILES string of the molecule is O=C(Cn1nc(-c2ccc(Cl)cc2)n(C2CC2)c1=O)NC(c1cccc(C(F)(F)F)c1)C1CC1. The molecular formula is C24H22ClF3N4O2. The number of carbonyl (C=O) groups excluding carboxylic acids is 1. The van der Waals surface area contributed by atoms with E-state index in [1.807, 2.05) is 0 Å². The summed E-state index contributed by atoms with van der Waals surface area (Å²) < 4.78 is 42.2. The predicted octanol–water partition coefficient (Wildman–Crippen LogP) is 4.99. The molecule has 1 aromatic heterocycles. The van der Waals surface area contributed by atoms with Crippen LogP contribution in [0.1, 0.15) is 48.9 Å². The molecule has 2 aliphatic rings. The molecule has 178 valence electrons. The van der Waals surface area contributed by atoms with E-state index in [1.54, 1.807) is 34.9 Å². The maximum atomic E-state index is 13.2. The Kier molecular flexibility index (Phi) is 5.75. The van der Waals surface area contributed by atoms with Gasteiger partial charge >= 0.3 is 11.9 Å². The molecule has 10 heteroatoms. The minimum Gasteiger partial charge on any atom is -0.347 e. The molecule has 6 nitrogen and oxygen atoms in total. The molecule has 1 amide bonds. The second-order valence-corrected chi connectivity index (χ2v) is 9.31. The Balaban J connectivity index is 1.38. The second kappa shape index (κ2) is 8.61. The lowest BCUT2D eigenvalue weighted by atomic mass is 10.00. The Morgan fingerprint density at radius 1 is 1.12 bits per heavy atom. The van der Waals surface area contributed by atoms with Crippen LogP contribution in [0, 0.1) is 5.92 Å². The molecule has 34 heavy (non-hydrogen) atoms. The zero-order chi connectivity index (χ0) is 24.0. The molecule has 1 heterocycles. The Morgan fingerprint density at radius 3 is 2.44 bits per heavy atom. The quantitative estimate of drug-likeness (QED) is 0.507. The number of benzene rings is 2. The van der Waals surface area contributed by atoms with Gasteiger partial charge in [0.25, 0.3) is 0 Å². The van der Waals surface area contributed by atoms with Crippen molar-refractivity contribution < 1.29 is 18.0 Å². The largest absolute Gasteiger partial charge is 0.416 e. The van der Waals surface area contributed by atoms with Gasteiger partial charge in [-0.05, 0) is 73.6 Å². The fourth-order valence-corrected chi connectivity index (χ4v) is 4.27. The van der Waals surface area contributed by atoms with Gasteiger partial charge in [-0.3, -0.25) is 9.36 Å². The Bertz CT molecular complexity index is 1270. The monoisotopic (exact) mass is 490 g/mol. The van der Waals surface area contributed by atoms with Crippen LogP contribution in [0.5, 0.6) is 0 Å². The highest BCUT2D eigenvalue weighted by atomic mass is 35.5. The van der Waals surface area contributed by atoms with E-state index in [-0.39, 0.29) is 24.2 Å². The summed E-state index contributed by atoms with van der Waals surface area (Å²) in [5, 5.41) is 7.81. The third kappa shape index (κ3) is 4.75. The molecule has 5 rings (SSSR count). The van der Waals surface area contributed by atoms with Crippen molar-refractivity contribution in [2.45, 2.75) is 50.5 Å². The molecule has 0 aliphatic heterocycles. The molecule has 2 aromatic carbocycles. The van der Waals surface area contributed by atoms with Crippen LogP contribution < -0.4 is 11.0 Å². The fourth-order valence-electron chi connectivity index (χ4n) is 4.15. The molecule has 1 atom stereocenters. The number of carbonyl (C=O) groups is 1. The topological polar surface area (TPSA) is 68.9 Å². The lowest BCUT2D eigenvalue weighted by Gasteiger charge is -2.20. The number of alkyl halides is 3. The summed E-state index contributed by atoms with van der Waals surface area (Å²) in [6.45, 7) is -0.318. The van der Waals surface area contributed by atoms with Gasteiger partial charge in [-0.2, -0.15) is 13.2 Å². The minimum absolute atomic E-state index is 0.0410. The summed E-state index contributed by atoms with van der Waals surface area (Å²) in [7, 11) is 0. The van der Waals surface area contributed by atoms with Crippen LogP contribution in [-0.2, 0) is 17.5 Å². The lowest BCUT2D eigenvalue weighted by Crippen LogP contribution is -2.36. The van der Waals surface area contributed by atoms with Crippen LogP contribution in [0.15, 0.2) is 53.3 Å². The van der Waals surface area contributed by atoms with Crippen molar-refractivity contribution in [2.24, 2.45) is 5.92 Å². The van der Waals surface area contributed by atoms with Gasteiger partial charge in [0, 0.05) is 16.6 Å². The molecular weight excluding hydrogens is 469 g/mol. The molecule has 1 unspecified atom stereocenters. The van der Waals surface area contributed by atoms with Crippen molar-refractivity contribution in [2.75, 3.05) is 0 Å². The maximum Gasteiger partial charge on any atom is 0.416 e. The summed E-state index contributed by atoms with van der Waals surface area (Å²) in [6, 6.07) is 11.5. The van der Waals surface area contributed by atoms with Crippen molar-refractivity contribution in [1.29, 1.82) is 0 Å². The van der Waals surface area contributed by atoms with Gasteiger partial charge in [-0.15, -0.1) is 5.10 Å². The van der Waals surface area contributed by atoms with Crippen molar-refractivity contribution >= 4 is 17.5 Å². The van der Waals surface area contributed by atoms with Crippen LogP contribution in [-0.4, -0.2) is 20.3 Å². The highest BCUT2D eigenvalue weighted by molar-refractivity contribution is 6.30. The van der Waals surface area contributed by atoms with Crippen molar-refractivity contribution in [1.82, 2.24) is 19.7 Å². The molecule has 3 aromatic rings. The average Bonchev–Trinajstić information content (AvgIpc) is 3.72. The minimum atomic E-state index is -4.46. The average molecular weight is 491 g/mol. The lowest BCUT2D eigenvalue weighted by molar-refractivity contribution is -0.137. The smallest absolute Gasteiger partial charge is 0.347 e. The van der Waals surface area contributed by atoms with E-state index < -0.39 is 23.7 Å². The van der Waals surface area contributed by atoms with Gasteiger partial charge in [0.2, 0.25) is 5.91 Å². The van der Waals surface area contributed by atoms with Gasteiger partial charge in [-0.25, -0.2) is 9.48 Å². The van der Waals surface area contributed by atoms with Crippen LogP contribution in [0.3, 0.4) is 0 Å². The van der Waals surface area contributed by atoms with Crippen LogP contribution in [0.2, 0.25) is 5.02 Å². The van der Waals surface area contributed by atoms with E-state index in [0.717, 1.165) is 42.5 Å². The Morgan fingerprint density at radius 2 is 1.82 bits per heavy atom. The van der Waals surface area contributed by atoms with E-state index in [9.17, 15) is 22.8 Å². The van der Waals surface area contributed by atoms with E-state index in [2.05, 4.69) is 10.4 Å². The number of amides is 1. The molecule has 0 radical (unpaired) electrons. The zero-order valence-electron chi connectivity index (χ0n) is 18.1. The summed E-state index contributed by atoms with van der Waals surface area (Å²) >= 11 is 5.97. The first kappa shape index (κ1) is 22.7. The van der Waals surface area contributed by atoms with Crippen LogP contribution in [0.25, 0.3) is 11.4 Å². The third-order valence-corrected chi connectivity index (χ3v) is 6.41. The first-order chi connectivity index (χ1) is 16.2. The maximum absolute atomic E-state index is 13.2. The van der Waals surface area contributed by atoms with E-state index in [1.165, 1.54) is 6.07 Å². The molecule has 2 saturated carbocycles. The molecule has 0 spiro atoms. The summed E-state index contributed by atoms with van der Waals surface area (Å²) in [4.78, 5) is 25.9. The van der Waals surface area contributed by atoms with Gasteiger partial charge in [0.1, 0.15) is 6.54 Å². The van der Waals surface area contributed by atoms with E-state index in [0.29, 0.717) is 22.0 Å². The summed E-state index contributed by atoms with van der Waals surface area (Å²) in [6.07, 6.45) is -1.11. The van der Waals surface area contributed by atoms with Crippen molar-refractivity contribution in [3.05, 3.63) is 75.2 Å². The fraction of sp³-hybridized carbons (Fsp3) is 0.375. The summed E-state index contributed by atoms with van der Waals surface area (Å²) in [5.74, 6) is 0.0610. The molecule has 0 saturated heterocycles. The Hall–Kier alpha value is -3.07. The standard InChI is InChI=1S/C24H22ClF3N4O2/c25-18-8-6-15(7-9-18)22-30-31(23(34)32(22)19-10-11-19)13-20(33)29-21(14-4-5-14)16-2-1-3-17(12-16)24(26,27)28/h1-3,6-9,12,14,19,21H,4-5,10-11,13H2,(H,29,33). The molecule has 0 bridgehead atoms. The van der Waals surface area contributed by atoms with Gasteiger partial charge in [0.15, 0.2) is 5.82 Å². The van der Waals surface area contributed by atoms with Gasteiger partial charge < -0.3 is 5.32 Å². The normalized spacial score (nSPS) is 16.9. The zero-order valence-corrected chi connectivity index (χ0v) is 18.8. The van der Waals surface area contributed by atoms with Crippen molar-refractivity contribution in [3.8, 4) is 11.4 Å².